The van der Waals surface area contributed by atoms with Crippen LogP contribution >= 0.6 is 0 Å². The molecule has 0 radical (unpaired) electrons. The molecular weight excluding hydrogens is 240 g/mol. The van der Waals surface area contributed by atoms with Crippen molar-refractivity contribution < 1.29 is 10.1 Å². The third kappa shape index (κ3) is 2.41. The molecule has 2 N–H and O–H groups in total. The molecule has 0 aromatic heterocycles. The van der Waals surface area contributed by atoms with E-state index in [1.54, 1.807) is 0 Å². The van der Waals surface area contributed by atoms with Crippen molar-refractivity contribution in [3.63, 3.8) is 0 Å². The first kappa shape index (κ1) is 13.1. The highest BCUT2D eigenvalue weighted by molar-refractivity contribution is 5.36. The van der Waals surface area contributed by atoms with Gasteiger partial charge >= 0.3 is 0 Å². The molecule has 19 heavy (non-hydrogen) atoms. The maximum absolute atomic E-state index is 12.2. The van der Waals surface area contributed by atoms with E-state index in [1.165, 1.54) is 11.1 Å². The topological polar surface area (TPSA) is 55.0 Å². The van der Waals surface area contributed by atoms with E-state index in [0.717, 1.165) is 18.4 Å². The number of hydrogen-bond donors (Lipinski definition) is 2. The molecule has 2 aliphatic rings. The van der Waals surface area contributed by atoms with Crippen LogP contribution in [-0.4, -0.2) is 13.1 Å². The highest BCUT2D eigenvalue weighted by atomic mass is 16.5. The first-order valence-corrected chi connectivity index (χ1v) is 7.21. The van der Waals surface area contributed by atoms with Gasteiger partial charge < -0.3 is 20.5 Å². The number of quaternary nitrogens is 2. The SMILES string of the molecule is CC1Cc2ccc(C3[NH+]([O-])CC(C)C[NH+]3[O-])cc2C1. The molecule has 1 heterocycles. The molecule has 4 heteroatoms. The first-order valence-electron chi connectivity index (χ1n) is 7.21. The van der Waals surface area contributed by atoms with Gasteiger partial charge in [0.25, 0.3) is 0 Å². The molecule has 0 spiro atoms. The molecular formula is C15H22N2O2. The lowest BCUT2D eigenvalue weighted by Gasteiger charge is -2.44. The van der Waals surface area contributed by atoms with E-state index in [2.05, 4.69) is 19.1 Å². The molecule has 0 saturated carbocycles. The Labute approximate surface area is 114 Å². The van der Waals surface area contributed by atoms with E-state index in [9.17, 15) is 10.4 Å². The lowest BCUT2D eigenvalue weighted by Crippen LogP contribution is -3.30. The fraction of sp³-hybridized carbons (Fsp3) is 0.600. The van der Waals surface area contributed by atoms with E-state index in [0.29, 0.717) is 19.0 Å². The van der Waals surface area contributed by atoms with Crippen molar-refractivity contribution in [2.24, 2.45) is 11.8 Å². The first-order chi connectivity index (χ1) is 9.04. The normalized spacial score (nSPS) is 38.2. The maximum atomic E-state index is 12.2. The predicted molar refractivity (Wildman–Crippen MR) is 73.3 cm³/mol. The largest absolute Gasteiger partial charge is 0.630 e. The smallest absolute Gasteiger partial charge is 0.239 e. The molecule has 1 aliphatic heterocycles. The van der Waals surface area contributed by atoms with Gasteiger partial charge in [-0.15, -0.1) is 0 Å². The summed E-state index contributed by atoms with van der Waals surface area (Å²) in [5.41, 5.74) is 3.65. The molecule has 3 unspecified atom stereocenters. The van der Waals surface area contributed by atoms with Gasteiger partial charge in [0.05, 0.1) is 24.6 Å². The van der Waals surface area contributed by atoms with Crippen LogP contribution in [0.3, 0.4) is 0 Å². The second-order valence-electron chi connectivity index (χ2n) is 6.42. The van der Waals surface area contributed by atoms with Crippen LogP contribution in [0.2, 0.25) is 0 Å². The average molecular weight is 262 g/mol. The van der Waals surface area contributed by atoms with Crippen molar-refractivity contribution >= 4 is 0 Å². The highest BCUT2D eigenvalue weighted by Crippen LogP contribution is 2.27. The average Bonchev–Trinajstić information content (AvgIpc) is 2.67. The summed E-state index contributed by atoms with van der Waals surface area (Å²) in [6.45, 7) is 5.32. The van der Waals surface area contributed by atoms with Gasteiger partial charge in [-0.05, 0) is 42.0 Å². The lowest BCUT2D eigenvalue weighted by molar-refractivity contribution is -1.11. The van der Waals surface area contributed by atoms with E-state index >= 15 is 0 Å². The number of fused-ring (bicyclic) bond motifs is 1. The second kappa shape index (κ2) is 4.87. The van der Waals surface area contributed by atoms with Crippen molar-refractivity contribution in [1.29, 1.82) is 0 Å². The van der Waals surface area contributed by atoms with Gasteiger partial charge in [-0.3, -0.25) is 0 Å². The Balaban J connectivity index is 1.88. The number of benzene rings is 1. The molecule has 3 atom stereocenters. The third-order valence-corrected chi connectivity index (χ3v) is 4.44. The van der Waals surface area contributed by atoms with Crippen LogP contribution in [0.5, 0.6) is 0 Å². The Morgan fingerprint density at radius 1 is 0.947 bits per heavy atom. The molecule has 3 rings (SSSR count). The summed E-state index contributed by atoms with van der Waals surface area (Å²) in [5, 5.41) is 24.5. The molecule has 104 valence electrons. The van der Waals surface area contributed by atoms with Gasteiger partial charge in [0, 0.05) is 0 Å². The molecule has 1 aliphatic carbocycles. The maximum Gasteiger partial charge on any atom is 0.239 e. The zero-order valence-corrected chi connectivity index (χ0v) is 11.6. The minimum Gasteiger partial charge on any atom is -0.630 e. The summed E-state index contributed by atoms with van der Waals surface area (Å²) in [6, 6.07) is 6.22. The lowest BCUT2D eigenvalue weighted by atomic mass is 10.0. The molecule has 0 bridgehead atoms. The van der Waals surface area contributed by atoms with Crippen LogP contribution in [0.15, 0.2) is 18.2 Å². The third-order valence-electron chi connectivity index (χ3n) is 4.44. The van der Waals surface area contributed by atoms with Crippen molar-refractivity contribution in [1.82, 2.24) is 0 Å². The van der Waals surface area contributed by atoms with Gasteiger partial charge in [-0.1, -0.05) is 19.9 Å². The van der Waals surface area contributed by atoms with Crippen LogP contribution in [0.25, 0.3) is 0 Å². The molecule has 1 aromatic rings. The Hall–Kier alpha value is -0.940. The summed E-state index contributed by atoms with van der Waals surface area (Å²) in [7, 11) is 0. The Morgan fingerprint density at radius 2 is 1.58 bits per heavy atom. The summed E-state index contributed by atoms with van der Waals surface area (Å²) >= 11 is 0. The number of rotatable bonds is 1. The van der Waals surface area contributed by atoms with E-state index in [1.807, 2.05) is 13.0 Å². The number of nitrogens with one attached hydrogen (secondary N) is 2. The molecule has 1 aromatic carbocycles. The minimum atomic E-state index is -0.489. The quantitative estimate of drug-likeness (QED) is 0.691. The van der Waals surface area contributed by atoms with Gasteiger partial charge in [-0.2, -0.15) is 0 Å². The predicted octanol–water partition coefficient (Wildman–Crippen LogP) is -0.165. The second-order valence-corrected chi connectivity index (χ2v) is 6.42. The fourth-order valence-electron chi connectivity index (χ4n) is 3.58. The summed E-state index contributed by atoms with van der Waals surface area (Å²) in [4.78, 5) is 0. The van der Waals surface area contributed by atoms with Gasteiger partial charge in [0.2, 0.25) is 6.17 Å². The fourth-order valence-corrected chi connectivity index (χ4v) is 3.58. The van der Waals surface area contributed by atoms with Crippen molar-refractivity contribution in [2.75, 3.05) is 13.1 Å². The number of hydrogen-bond acceptors (Lipinski definition) is 2. The monoisotopic (exact) mass is 262 g/mol. The Bertz CT molecular complexity index is 465. The van der Waals surface area contributed by atoms with Crippen molar-refractivity contribution in [3.8, 4) is 0 Å². The van der Waals surface area contributed by atoms with Crippen molar-refractivity contribution in [3.05, 3.63) is 45.3 Å². The van der Waals surface area contributed by atoms with E-state index in [-0.39, 0.29) is 16.0 Å². The van der Waals surface area contributed by atoms with Crippen LogP contribution in [0, 0.1) is 22.3 Å². The molecule has 4 nitrogen and oxygen atoms in total. The summed E-state index contributed by atoms with van der Waals surface area (Å²) < 4.78 is 0. The van der Waals surface area contributed by atoms with E-state index < -0.39 is 6.17 Å². The highest BCUT2D eigenvalue weighted by Gasteiger charge is 2.33. The molecule has 1 saturated heterocycles. The summed E-state index contributed by atoms with van der Waals surface area (Å²) in [5.74, 6) is 0.897. The van der Waals surface area contributed by atoms with Crippen LogP contribution in [0.1, 0.15) is 36.7 Å². The zero-order chi connectivity index (χ0) is 13.6. The van der Waals surface area contributed by atoms with Crippen LogP contribution in [0.4, 0.5) is 0 Å². The molecule has 0 amide bonds. The van der Waals surface area contributed by atoms with E-state index in [4.69, 9.17) is 0 Å². The Kier molecular flexibility index (Phi) is 3.35. The zero-order valence-electron chi connectivity index (χ0n) is 11.6. The van der Waals surface area contributed by atoms with Crippen LogP contribution < -0.4 is 10.1 Å². The van der Waals surface area contributed by atoms with Crippen molar-refractivity contribution in [2.45, 2.75) is 32.9 Å². The van der Waals surface area contributed by atoms with Gasteiger partial charge in [-0.25, -0.2) is 0 Å². The van der Waals surface area contributed by atoms with Gasteiger partial charge in [0.1, 0.15) is 0 Å². The van der Waals surface area contributed by atoms with Gasteiger partial charge in [0.15, 0.2) is 0 Å². The van der Waals surface area contributed by atoms with Crippen LogP contribution in [-0.2, 0) is 12.8 Å². The molecule has 1 fully saturated rings. The number of hydroxylamine groups is 4. The summed E-state index contributed by atoms with van der Waals surface area (Å²) in [6.07, 6.45) is 1.71. The Morgan fingerprint density at radius 3 is 2.26 bits per heavy atom. The standard InChI is InChI=1S/C15H22N2O2/c1-10-5-12-3-4-13(7-14(12)6-10)15-16(18)8-11(2)9-17(15)19/h3-4,7,10-11,15-17H,5-6,8-9H2,1-2H3. The minimum absolute atomic E-state index is 0.106.